The van der Waals surface area contributed by atoms with Crippen molar-refractivity contribution in [3.05, 3.63) is 95.3 Å². The van der Waals surface area contributed by atoms with Gasteiger partial charge in [-0.3, -0.25) is 0 Å². The van der Waals surface area contributed by atoms with Crippen LogP contribution in [0, 0.1) is 0 Å². The number of nitrogens with zero attached hydrogens (tertiary/aromatic N) is 3. The molecule has 3 heterocycles. The van der Waals surface area contributed by atoms with E-state index in [4.69, 9.17) is 18.9 Å². The van der Waals surface area contributed by atoms with Gasteiger partial charge in [0.2, 0.25) is 5.95 Å². The maximum absolute atomic E-state index is 6.67. The quantitative estimate of drug-likeness (QED) is 0.448. The molecular weight excluding hydrogens is 444 g/mol. The molecule has 4 aromatic rings. The van der Waals surface area contributed by atoms with Gasteiger partial charge in [0.15, 0.2) is 11.5 Å². The van der Waals surface area contributed by atoms with Gasteiger partial charge in [-0.2, -0.15) is 10.1 Å². The molecule has 2 aliphatic heterocycles. The van der Waals surface area contributed by atoms with Crippen molar-refractivity contribution in [3.63, 3.8) is 0 Å². The highest BCUT2D eigenvalue weighted by atomic mass is 16.5. The smallest absolute Gasteiger partial charge is 0.226 e. The maximum atomic E-state index is 6.67. The molecule has 0 saturated heterocycles. The van der Waals surface area contributed by atoms with Gasteiger partial charge in [0, 0.05) is 16.7 Å². The Kier molecular flexibility index (Phi) is 5.06. The lowest BCUT2D eigenvalue weighted by Crippen LogP contribution is -2.32. The Morgan fingerprint density at radius 1 is 0.857 bits per heavy atom. The fraction of sp³-hybridized carbons (Fsp3) is 0.185. The van der Waals surface area contributed by atoms with E-state index < -0.39 is 6.10 Å². The Morgan fingerprint density at radius 2 is 1.71 bits per heavy atom. The third-order valence-corrected chi connectivity index (χ3v) is 6.44. The molecule has 0 saturated carbocycles. The molecule has 8 heteroatoms. The van der Waals surface area contributed by atoms with E-state index in [-0.39, 0.29) is 6.04 Å². The molecule has 0 bridgehead atoms. The predicted octanol–water partition coefficient (Wildman–Crippen LogP) is 4.86. The average molecular weight is 469 g/mol. The van der Waals surface area contributed by atoms with Crippen molar-refractivity contribution >= 4 is 11.6 Å². The van der Waals surface area contributed by atoms with Gasteiger partial charge in [-0.15, -0.1) is 0 Å². The molecule has 2 aliphatic rings. The monoisotopic (exact) mass is 468 g/mol. The number of benzene rings is 3. The molecular formula is C27H24N4O4. The second kappa shape index (κ2) is 8.39. The first-order valence-corrected chi connectivity index (χ1v) is 11.2. The number of aromatic nitrogens is 3. The SMILES string of the molecule is COc1cccc([C@@H]2C3=C(Nc4ncnn42)c2ccccc2O[C@@H]3c2ccc(OC)c(OC)c2)c1. The van der Waals surface area contributed by atoms with Gasteiger partial charge < -0.3 is 24.3 Å². The lowest BCUT2D eigenvalue weighted by molar-refractivity contribution is 0.222. The summed E-state index contributed by atoms with van der Waals surface area (Å²) in [7, 11) is 4.92. The average Bonchev–Trinajstić information content (AvgIpc) is 3.39. The zero-order valence-electron chi connectivity index (χ0n) is 19.6. The highest BCUT2D eigenvalue weighted by molar-refractivity contribution is 5.85. The second-order valence-electron chi connectivity index (χ2n) is 8.27. The van der Waals surface area contributed by atoms with Gasteiger partial charge in [-0.05, 0) is 42.0 Å². The highest BCUT2D eigenvalue weighted by Crippen LogP contribution is 2.51. The zero-order valence-corrected chi connectivity index (χ0v) is 19.6. The summed E-state index contributed by atoms with van der Waals surface area (Å²) in [4.78, 5) is 4.48. The van der Waals surface area contributed by atoms with Crippen LogP contribution in [0.5, 0.6) is 23.0 Å². The minimum Gasteiger partial charge on any atom is -0.497 e. The van der Waals surface area contributed by atoms with E-state index in [0.29, 0.717) is 17.4 Å². The first kappa shape index (κ1) is 21.1. The topological polar surface area (TPSA) is 79.7 Å². The number of fused-ring (bicyclic) bond motifs is 3. The van der Waals surface area contributed by atoms with Gasteiger partial charge in [0.25, 0.3) is 0 Å². The van der Waals surface area contributed by atoms with E-state index >= 15 is 0 Å². The van der Waals surface area contributed by atoms with Crippen LogP contribution in [0.1, 0.15) is 28.8 Å². The molecule has 0 radical (unpaired) electrons. The minimum atomic E-state index is -0.416. The largest absolute Gasteiger partial charge is 0.497 e. The van der Waals surface area contributed by atoms with Gasteiger partial charge in [-0.25, -0.2) is 4.68 Å². The molecule has 1 aromatic heterocycles. The lowest BCUT2D eigenvalue weighted by Gasteiger charge is -2.39. The molecule has 2 atom stereocenters. The van der Waals surface area contributed by atoms with Crippen LogP contribution in [-0.2, 0) is 0 Å². The molecule has 0 aliphatic carbocycles. The van der Waals surface area contributed by atoms with E-state index in [1.54, 1.807) is 27.7 Å². The summed E-state index contributed by atoms with van der Waals surface area (Å²) in [6, 6.07) is 21.6. The van der Waals surface area contributed by atoms with Crippen molar-refractivity contribution in [2.75, 3.05) is 26.6 Å². The minimum absolute atomic E-state index is 0.273. The van der Waals surface area contributed by atoms with Crippen LogP contribution < -0.4 is 24.3 Å². The number of rotatable bonds is 5. The van der Waals surface area contributed by atoms with Gasteiger partial charge >= 0.3 is 0 Å². The molecule has 176 valence electrons. The molecule has 3 aromatic carbocycles. The maximum Gasteiger partial charge on any atom is 0.226 e. The van der Waals surface area contributed by atoms with Gasteiger partial charge in [0.05, 0.1) is 27.0 Å². The van der Waals surface area contributed by atoms with Gasteiger partial charge in [-0.1, -0.05) is 30.3 Å². The summed E-state index contributed by atoms with van der Waals surface area (Å²) in [6.07, 6.45) is 1.15. The third-order valence-electron chi connectivity index (χ3n) is 6.44. The third kappa shape index (κ3) is 3.37. The van der Waals surface area contributed by atoms with E-state index in [1.165, 1.54) is 0 Å². The van der Waals surface area contributed by atoms with Crippen LogP contribution in [0.25, 0.3) is 5.70 Å². The van der Waals surface area contributed by atoms with Crippen LogP contribution in [-0.4, -0.2) is 36.1 Å². The standard InChI is InChI=1S/C27H24N4O4/c1-32-18-8-6-7-16(13-18)25-23-24(30-27-28-15-29-31(25)27)19-9-4-5-10-20(19)35-26(23)17-11-12-21(33-2)22(14-17)34-3/h4-15,25-26H,1-3H3,(H,28,29,30)/t25-,26-/m1/s1. The molecule has 0 amide bonds. The number of nitrogens with one attached hydrogen (secondary N) is 1. The van der Waals surface area contributed by atoms with E-state index in [9.17, 15) is 0 Å². The Bertz CT molecular complexity index is 1440. The first-order chi connectivity index (χ1) is 17.2. The Balaban J connectivity index is 1.60. The summed E-state index contributed by atoms with van der Waals surface area (Å²) in [5.41, 5.74) is 4.89. The molecule has 8 nitrogen and oxygen atoms in total. The van der Waals surface area contributed by atoms with E-state index in [0.717, 1.165) is 39.5 Å². The molecule has 6 rings (SSSR count). The summed E-state index contributed by atoms with van der Waals surface area (Å²) < 4.78 is 25.2. The van der Waals surface area contributed by atoms with Crippen molar-refractivity contribution < 1.29 is 18.9 Å². The van der Waals surface area contributed by atoms with E-state index in [1.807, 2.05) is 59.3 Å². The second-order valence-corrected chi connectivity index (χ2v) is 8.27. The first-order valence-electron chi connectivity index (χ1n) is 11.2. The Labute approximate surface area is 202 Å². The number of anilines is 1. The molecule has 1 N–H and O–H groups in total. The highest BCUT2D eigenvalue weighted by Gasteiger charge is 2.41. The summed E-state index contributed by atoms with van der Waals surface area (Å²) in [5.74, 6) is 3.52. The van der Waals surface area contributed by atoms with Crippen molar-refractivity contribution in [2.24, 2.45) is 0 Å². The van der Waals surface area contributed by atoms with Crippen molar-refractivity contribution in [3.8, 4) is 23.0 Å². The fourth-order valence-electron chi connectivity index (χ4n) is 4.84. The van der Waals surface area contributed by atoms with Crippen LogP contribution >= 0.6 is 0 Å². The number of hydrogen-bond donors (Lipinski definition) is 1. The number of hydrogen-bond acceptors (Lipinski definition) is 7. The molecule has 0 fully saturated rings. The van der Waals surface area contributed by atoms with Crippen molar-refractivity contribution in [1.82, 2.24) is 14.8 Å². The number of ether oxygens (including phenoxy) is 4. The molecule has 0 spiro atoms. The number of para-hydroxylation sites is 1. The van der Waals surface area contributed by atoms with Crippen molar-refractivity contribution in [2.45, 2.75) is 12.1 Å². The summed E-state index contributed by atoms with van der Waals surface area (Å²) in [6.45, 7) is 0. The van der Waals surface area contributed by atoms with Crippen LogP contribution in [0.4, 0.5) is 5.95 Å². The zero-order chi connectivity index (χ0) is 23.9. The summed E-state index contributed by atoms with van der Waals surface area (Å²) in [5, 5.41) is 8.09. The normalized spacial score (nSPS) is 17.9. The number of methoxy groups -OCH3 is 3. The van der Waals surface area contributed by atoms with Crippen LogP contribution in [0.2, 0.25) is 0 Å². The van der Waals surface area contributed by atoms with Crippen LogP contribution in [0.3, 0.4) is 0 Å². The molecule has 0 unspecified atom stereocenters. The predicted molar refractivity (Wildman–Crippen MR) is 131 cm³/mol. The Hall–Kier alpha value is -4.46. The lowest BCUT2D eigenvalue weighted by atomic mass is 9.84. The fourth-order valence-corrected chi connectivity index (χ4v) is 4.84. The van der Waals surface area contributed by atoms with Gasteiger partial charge in [0.1, 0.15) is 30.0 Å². The Morgan fingerprint density at radius 3 is 2.54 bits per heavy atom. The molecule has 35 heavy (non-hydrogen) atoms. The van der Waals surface area contributed by atoms with Crippen molar-refractivity contribution in [1.29, 1.82) is 0 Å². The summed E-state index contributed by atoms with van der Waals surface area (Å²) >= 11 is 0. The van der Waals surface area contributed by atoms with E-state index in [2.05, 4.69) is 27.5 Å². The van der Waals surface area contributed by atoms with Crippen LogP contribution in [0.15, 0.2) is 78.6 Å².